The van der Waals surface area contributed by atoms with E-state index in [-0.39, 0.29) is 33.0 Å². The fourth-order valence-corrected chi connectivity index (χ4v) is 3.52. The first-order valence-corrected chi connectivity index (χ1v) is 7.54. The van der Waals surface area contributed by atoms with Gasteiger partial charge in [0.1, 0.15) is 5.75 Å². The Morgan fingerprint density at radius 3 is 2.00 bits per heavy atom. The molecule has 0 N–H and O–H groups in total. The summed E-state index contributed by atoms with van der Waals surface area (Å²) in [5.74, 6) is 0.814. The number of carbonyl (C=O) groups is 1. The summed E-state index contributed by atoms with van der Waals surface area (Å²) < 4.78 is 5.13. The maximum atomic E-state index is 12.5. The van der Waals surface area contributed by atoms with E-state index in [1.807, 2.05) is 38.1 Å². The number of carbonyl (C=O) groups excluding carboxylic acids is 1. The predicted molar refractivity (Wildman–Crippen MR) is 91.7 cm³/mol. The summed E-state index contributed by atoms with van der Waals surface area (Å²) in [6.45, 7) is 6.07. The largest absolute Gasteiger partial charge is 0.497 e. The summed E-state index contributed by atoms with van der Waals surface area (Å²) in [5.41, 5.74) is 4.39. The molecule has 4 heteroatoms. The molecule has 1 unspecified atom stereocenters. The Hall–Kier alpha value is -1.06. The van der Waals surface area contributed by atoms with Crippen LogP contribution in [0.25, 0.3) is 0 Å². The van der Waals surface area contributed by atoms with Crippen molar-refractivity contribution in [3.8, 4) is 5.75 Å². The quantitative estimate of drug-likeness (QED) is 0.638. The molecule has 105 valence electrons. The molecule has 0 bridgehead atoms. The Labute approximate surface area is 140 Å². The van der Waals surface area contributed by atoms with Gasteiger partial charge in [0, 0.05) is 24.4 Å². The van der Waals surface area contributed by atoms with Crippen molar-refractivity contribution < 1.29 is 9.53 Å². The molecule has 0 aliphatic heterocycles. The van der Waals surface area contributed by atoms with Crippen LogP contribution in [0, 0.1) is 20.8 Å². The summed E-state index contributed by atoms with van der Waals surface area (Å²) in [4.78, 5) is 12.5. The molecule has 0 aromatic heterocycles. The van der Waals surface area contributed by atoms with Gasteiger partial charge in [-0.1, -0.05) is 29.8 Å². The Kier molecular flexibility index (Phi) is 6.69. The molecule has 0 saturated carbocycles. The number of hydrogen-bond acceptors (Lipinski definition) is 2. The van der Waals surface area contributed by atoms with E-state index in [2.05, 4.69) is 19.1 Å². The molecule has 1 radical (unpaired) electrons. The van der Waals surface area contributed by atoms with Gasteiger partial charge in [-0.3, -0.25) is 4.79 Å². The summed E-state index contributed by atoms with van der Waals surface area (Å²) in [5, 5.41) is 1.04. The molecule has 0 spiro atoms. The fraction of sp³-hybridized carbons (Fsp3) is 0.235. The number of aryl methyl sites for hydroxylation is 3. The minimum absolute atomic E-state index is 0. The number of benzene rings is 2. The van der Waals surface area contributed by atoms with Crippen LogP contribution in [0.2, 0.25) is 0 Å². The second-order valence-corrected chi connectivity index (χ2v) is 6.24. The SMILES string of the molecule is COc1ccc(PC(=O)c2c(C)cc(C)cc2C)cc1.[Li]. The van der Waals surface area contributed by atoms with Crippen LogP contribution in [0.4, 0.5) is 0 Å². The van der Waals surface area contributed by atoms with E-state index in [4.69, 9.17) is 4.74 Å². The molecule has 2 aromatic carbocycles. The summed E-state index contributed by atoms with van der Waals surface area (Å²) in [7, 11) is 1.79. The van der Waals surface area contributed by atoms with Gasteiger partial charge < -0.3 is 4.74 Å². The van der Waals surface area contributed by atoms with Crippen LogP contribution in [0.3, 0.4) is 0 Å². The molecule has 2 rings (SSSR count). The molecule has 1 atom stereocenters. The van der Waals surface area contributed by atoms with Crippen molar-refractivity contribution >= 4 is 38.3 Å². The van der Waals surface area contributed by atoms with Crippen molar-refractivity contribution in [3.05, 3.63) is 58.7 Å². The number of methoxy groups -OCH3 is 1. The van der Waals surface area contributed by atoms with Gasteiger partial charge in [-0.05, 0) is 57.9 Å². The minimum Gasteiger partial charge on any atom is -0.497 e. The Morgan fingerprint density at radius 1 is 1.00 bits per heavy atom. The molecule has 0 aliphatic rings. The third kappa shape index (κ3) is 4.45. The zero-order chi connectivity index (χ0) is 14.7. The first kappa shape index (κ1) is 18.0. The Balaban J connectivity index is 0.00000220. The summed E-state index contributed by atoms with van der Waals surface area (Å²) in [6.07, 6.45) is 0. The second-order valence-electron chi connectivity index (χ2n) is 4.96. The van der Waals surface area contributed by atoms with E-state index in [1.54, 1.807) is 7.11 Å². The van der Waals surface area contributed by atoms with Crippen LogP contribution >= 0.6 is 8.58 Å². The summed E-state index contributed by atoms with van der Waals surface area (Å²) in [6, 6.07) is 11.8. The zero-order valence-corrected chi connectivity index (χ0v) is 14.3. The van der Waals surface area contributed by atoms with Gasteiger partial charge in [-0.25, -0.2) is 0 Å². The van der Waals surface area contributed by atoms with Gasteiger partial charge >= 0.3 is 0 Å². The Bertz CT molecular complexity index is 613. The van der Waals surface area contributed by atoms with E-state index in [0.29, 0.717) is 0 Å². The van der Waals surface area contributed by atoms with E-state index in [9.17, 15) is 4.79 Å². The van der Waals surface area contributed by atoms with Crippen LogP contribution in [0.5, 0.6) is 5.75 Å². The second kappa shape index (κ2) is 7.81. The number of rotatable bonds is 4. The third-order valence-corrected chi connectivity index (χ3v) is 4.35. The molecular weight excluding hydrogens is 274 g/mol. The molecule has 2 nitrogen and oxygen atoms in total. The number of hydrogen-bond donors (Lipinski definition) is 0. The molecule has 21 heavy (non-hydrogen) atoms. The molecule has 0 fully saturated rings. The third-order valence-electron chi connectivity index (χ3n) is 3.25. The average Bonchev–Trinajstić information content (AvgIpc) is 2.38. The van der Waals surface area contributed by atoms with Crippen molar-refractivity contribution in [2.24, 2.45) is 0 Å². The van der Waals surface area contributed by atoms with E-state index < -0.39 is 0 Å². The maximum Gasteiger partial charge on any atom is 0.186 e. The van der Waals surface area contributed by atoms with Crippen LogP contribution in [-0.2, 0) is 0 Å². The van der Waals surface area contributed by atoms with E-state index in [1.165, 1.54) is 5.56 Å². The van der Waals surface area contributed by atoms with Crippen LogP contribution in [-0.4, -0.2) is 31.5 Å². The van der Waals surface area contributed by atoms with Gasteiger partial charge in [0.25, 0.3) is 0 Å². The van der Waals surface area contributed by atoms with Crippen molar-refractivity contribution in [1.29, 1.82) is 0 Å². The van der Waals surface area contributed by atoms with Crippen LogP contribution in [0.15, 0.2) is 36.4 Å². The zero-order valence-electron chi connectivity index (χ0n) is 13.3. The van der Waals surface area contributed by atoms with Crippen molar-refractivity contribution in [2.75, 3.05) is 7.11 Å². The topological polar surface area (TPSA) is 26.3 Å². The standard InChI is InChI=1S/C17H19O2P.Li/c1-11-9-12(2)16(13(3)10-11)17(18)20-15-7-5-14(19-4)6-8-15;/h5-10,20H,1-4H3;. The molecule has 2 aromatic rings. The Morgan fingerprint density at radius 2 is 1.52 bits per heavy atom. The van der Waals surface area contributed by atoms with Gasteiger partial charge in [-0.2, -0.15) is 0 Å². The molecule has 0 amide bonds. The van der Waals surface area contributed by atoms with E-state index in [0.717, 1.165) is 27.7 Å². The molecular formula is C17H19LiO2P. The fourth-order valence-electron chi connectivity index (χ4n) is 2.41. The first-order valence-electron chi connectivity index (χ1n) is 6.54. The van der Waals surface area contributed by atoms with Crippen molar-refractivity contribution in [1.82, 2.24) is 0 Å². The van der Waals surface area contributed by atoms with E-state index >= 15 is 0 Å². The first-order chi connectivity index (χ1) is 9.51. The van der Waals surface area contributed by atoms with Crippen LogP contribution < -0.4 is 10.0 Å². The van der Waals surface area contributed by atoms with Gasteiger partial charge in [-0.15, -0.1) is 0 Å². The molecule has 0 heterocycles. The molecule has 0 aliphatic carbocycles. The van der Waals surface area contributed by atoms with Gasteiger partial charge in [0.05, 0.1) is 7.11 Å². The maximum absolute atomic E-state index is 12.5. The average molecular weight is 293 g/mol. The predicted octanol–water partition coefficient (Wildman–Crippen LogP) is 3.38. The van der Waals surface area contributed by atoms with Crippen molar-refractivity contribution in [2.45, 2.75) is 20.8 Å². The monoisotopic (exact) mass is 293 g/mol. The minimum atomic E-state index is 0. The smallest absolute Gasteiger partial charge is 0.186 e. The molecule has 0 saturated heterocycles. The van der Waals surface area contributed by atoms with Gasteiger partial charge in [0.2, 0.25) is 0 Å². The van der Waals surface area contributed by atoms with Crippen LogP contribution in [0.1, 0.15) is 27.0 Å². The summed E-state index contributed by atoms with van der Waals surface area (Å²) >= 11 is 0. The normalized spacial score (nSPS) is 10.5. The van der Waals surface area contributed by atoms with Gasteiger partial charge in [0.15, 0.2) is 5.52 Å². The van der Waals surface area contributed by atoms with Crippen molar-refractivity contribution in [3.63, 3.8) is 0 Å². The number of ether oxygens (including phenoxy) is 1.